The number of piperidine rings is 1. The molecule has 2 aromatic carbocycles. The zero-order valence-corrected chi connectivity index (χ0v) is 15.3. The first kappa shape index (κ1) is 18.0. The molecular weight excluding hydrogens is 310 g/mol. The summed E-state index contributed by atoms with van der Waals surface area (Å²) in [4.78, 5) is 2.43. The van der Waals surface area contributed by atoms with Crippen LogP contribution in [0.2, 0.25) is 0 Å². The first-order valence-corrected chi connectivity index (χ1v) is 9.27. The second-order valence-corrected chi connectivity index (χ2v) is 7.13. The van der Waals surface area contributed by atoms with Crippen molar-refractivity contribution in [3.05, 3.63) is 65.7 Å². The standard InChI is InChI=1S/C22H29NO2/c1-17(22(24)20-8-10-21(25-2)11-9-20)23-14-12-19(13-15-23)16-18-6-4-3-5-7-18/h3-11,17,19,22,24H,12-16H2,1-2H3. The van der Waals surface area contributed by atoms with Crippen LogP contribution in [0.1, 0.15) is 37.0 Å². The summed E-state index contributed by atoms with van der Waals surface area (Å²) in [6.07, 6.45) is 3.12. The Balaban J connectivity index is 1.52. The van der Waals surface area contributed by atoms with Crippen LogP contribution in [0.25, 0.3) is 0 Å². The van der Waals surface area contributed by atoms with Gasteiger partial charge < -0.3 is 9.84 Å². The number of aliphatic hydroxyl groups is 1. The highest BCUT2D eigenvalue weighted by Crippen LogP contribution is 2.28. The molecule has 1 fully saturated rings. The molecular formula is C22H29NO2. The molecule has 1 aliphatic rings. The van der Waals surface area contributed by atoms with E-state index >= 15 is 0 Å². The summed E-state index contributed by atoms with van der Waals surface area (Å²) in [7, 11) is 1.66. The molecule has 0 bridgehead atoms. The highest BCUT2D eigenvalue weighted by molar-refractivity contribution is 5.29. The summed E-state index contributed by atoms with van der Waals surface area (Å²) in [5, 5.41) is 10.7. The van der Waals surface area contributed by atoms with E-state index in [4.69, 9.17) is 4.74 Å². The van der Waals surface area contributed by atoms with Crippen LogP contribution in [0.5, 0.6) is 5.75 Å². The van der Waals surface area contributed by atoms with Crippen LogP contribution in [-0.2, 0) is 6.42 Å². The van der Waals surface area contributed by atoms with Crippen LogP contribution in [0, 0.1) is 5.92 Å². The fourth-order valence-corrected chi connectivity index (χ4v) is 3.79. The molecule has 0 saturated carbocycles. The van der Waals surface area contributed by atoms with E-state index < -0.39 is 6.10 Å². The largest absolute Gasteiger partial charge is 0.497 e. The highest BCUT2D eigenvalue weighted by atomic mass is 16.5. The van der Waals surface area contributed by atoms with Crippen molar-refractivity contribution in [2.24, 2.45) is 5.92 Å². The maximum absolute atomic E-state index is 10.7. The number of aliphatic hydroxyl groups excluding tert-OH is 1. The van der Waals surface area contributed by atoms with E-state index in [1.54, 1.807) is 7.11 Å². The minimum absolute atomic E-state index is 0.131. The molecule has 25 heavy (non-hydrogen) atoms. The van der Waals surface area contributed by atoms with Gasteiger partial charge in [-0.05, 0) is 68.5 Å². The average Bonchev–Trinajstić information content (AvgIpc) is 2.68. The van der Waals surface area contributed by atoms with Gasteiger partial charge >= 0.3 is 0 Å². The summed E-state index contributed by atoms with van der Waals surface area (Å²) in [5.74, 6) is 1.58. The second kappa shape index (κ2) is 8.50. The lowest BCUT2D eigenvalue weighted by Gasteiger charge is -2.38. The maximum atomic E-state index is 10.7. The van der Waals surface area contributed by atoms with Gasteiger partial charge in [0.15, 0.2) is 0 Å². The van der Waals surface area contributed by atoms with E-state index in [0.29, 0.717) is 0 Å². The molecule has 0 radical (unpaired) electrons. The Hall–Kier alpha value is -1.84. The van der Waals surface area contributed by atoms with Gasteiger partial charge in [0.25, 0.3) is 0 Å². The zero-order chi connectivity index (χ0) is 17.6. The fourth-order valence-electron chi connectivity index (χ4n) is 3.79. The first-order chi connectivity index (χ1) is 12.2. The van der Waals surface area contributed by atoms with Gasteiger partial charge in [0.1, 0.15) is 5.75 Å². The molecule has 3 nitrogen and oxygen atoms in total. The Labute approximate surface area is 151 Å². The summed E-state index contributed by atoms with van der Waals surface area (Å²) in [6, 6.07) is 18.7. The number of hydrogen-bond donors (Lipinski definition) is 1. The second-order valence-electron chi connectivity index (χ2n) is 7.13. The number of hydrogen-bond acceptors (Lipinski definition) is 3. The van der Waals surface area contributed by atoms with E-state index in [9.17, 15) is 5.11 Å². The molecule has 0 aromatic heterocycles. The molecule has 1 aliphatic heterocycles. The molecule has 2 unspecified atom stereocenters. The Morgan fingerprint density at radius 3 is 2.28 bits per heavy atom. The van der Waals surface area contributed by atoms with Crippen LogP contribution in [0.15, 0.2) is 54.6 Å². The summed E-state index contributed by atoms with van der Waals surface area (Å²) in [5.41, 5.74) is 2.40. The smallest absolute Gasteiger partial charge is 0.118 e. The number of rotatable bonds is 6. The number of likely N-dealkylation sites (tertiary alicyclic amines) is 1. The number of benzene rings is 2. The van der Waals surface area contributed by atoms with E-state index in [1.165, 1.54) is 24.8 Å². The molecule has 0 amide bonds. The number of ether oxygens (including phenoxy) is 1. The van der Waals surface area contributed by atoms with Gasteiger partial charge in [-0.25, -0.2) is 0 Å². The summed E-state index contributed by atoms with van der Waals surface area (Å²) in [6.45, 7) is 4.25. The molecule has 1 saturated heterocycles. The molecule has 0 aliphatic carbocycles. The third-order valence-electron chi connectivity index (χ3n) is 5.51. The van der Waals surface area contributed by atoms with E-state index in [1.807, 2.05) is 24.3 Å². The quantitative estimate of drug-likeness (QED) is 0.861. The number of nitrogens with zero attached hydrogens (tertiary/aromatic N) is 1. The van der Waals surface area contributed by atoms with Crippen molar-refractivity contribution in [3.8, 4) is 5.75 Å². The molecule has 2 aromatic rings. The maximum Gasteiger partial charge on any atom is 0.118 e. The number of methoxy groups -OCH3 is 1. The van der Waals surface area contributed by atoms with E-state index in [0.717, 1.165) is 30.3 Å². The molecule has 1 N–H and O–H groups in total. The van der Waals surface area contributed by atoms with Gasteiger partial charge in [0.2, 0.25) is 0 Å². The Morgan fingerprint density at radius 2 is 1.68 bits per heavy atom. The molecule has 3 rings (SSSR count). The minimum Gasteiger partial charge on any atom is -0.497 e. The average molecular weight is 339 g/mol. The molecule has 1 heterocycles. The van der Waals surface area contributed by atoms with Gasteiger partial charge in [0.05, 0.1) is 13.2 Å². The molecule has 2 atom stereocenters. The lowest BCUT2D eigenvalue weighted by molar-refractivity contribution is 0.0373. The molecule has 134 valence electrons. The fraction of sp³-hybridized carbons (Fsp3) is 0.455. The summed E-state index contributed by atoms with van der Waals surface area (Å²) < 4.78 is 5.19. The van der Waals surface area contributed by atoms with Crippen LogP contribution >= 0.6 is 0 Å². The third-order valence-corrected chi connectivity index (χ3v) is 5.51. The SMILES string of the molecule is COc1ccc(C(O)C(C)N2CCC(Cc3ccccc3)CC2)cc1. The monoisotopic (exact) mass is 339 g/mol. The van der Waals surface area contributed by atoms with E-state index in [-0.39, 0.29) is 6.04 Å². The Kier molecular flexibility index (Phi) is 6.11. The van der Waals surface area contributed by atoms with Crippen LogP contribution in [0.4, 0.5) is 0 Å². The zero-order valence-electron chi connectivity index (χ0n) is 15.3. The van der Waals surface area contributed by atoms with Crippen molar-refractivity contribution < 1.29 is 9.84 Å². The van der Waals surface area contributed by atoms with E-state index in [2.05, 4.69) is 42.2 Å². The van der Waals surface area contributed by atoms with Crippen molar-refractivity contribution >= 4 is 0 Å². The molecule has 0 spiro atoms. The van der Waals surface area contributed by atoms with Gasteiger partial charge in [-0.15, -0.1) is 0 Å². The Bertz CT molecular complexity index is 633. The van der Waals surface area contributed by atoms with Crippen molar-refractivity contribution in [3.63, 3.8) is 0 Å². The van der Waals surface area contributed by atoms with Crippen molar-refractivity contribution in [1.82, 2.24) is 4.90 Å². The highest BCUT2D eigenvalue weighted by Gasteiger charge is 2.27. The predicted octanol–water partition coefficient (Wildman–Crippen LogP) is 4.07. The molecule has 3 heteroatoms. The normalized spacial score (nSPS) is 18.7. The lowest BCUT2D eigenvalue weighted by Crippen LogP contribution is -2.43. The summed E-state index contributed by atoms with van der Waals surface area (Å²) >= 11 is 0. The van der Waals surface area contributed by atoms with Crippen molar-refractivity contribution in [2.75, 3.05) is 20.2 Å². The van der Waals surface area contributed by atoms with Crippen LogP contribution in [-0.4, -0.2) is 36.2 Å². The third kappa shape index (κ3) is 4.62. The Morgan fingerprint density at radius 1 is 1.04 bits per heavy atom. The van der Waals surface area contributed by atoms with Crippen molar-refractivity contribution in [2.45, 2.75) is 38.3 Å². The van der Waals surface area contributed by atoms with Gasteiger partial charge in [-0.2, -0.15) is 0 Å². The topological polar surface area (TPSA) is 32.7 Å². The van der Waals surface area contributed by atoms with Gasteiger partial charge in [-0.1, -0.05) is 42.5 Å². The lowest BCUT2D eigenvalue weighted by atomic mass is 9.89. The van der Waals surface area contributed by atoms with Crippen LogP contribution in [0.3, 0.4) is 0 Å². The van der Waals surface area contributed by atoms with Crippen LogP contribution < -0.4 is 4.74 Å². The van der Waals surface area contributed by atoms with Crippen molar-refractivity contribution in [1.29, 1.82) is 0 Å². The van der Waals surface area contributed by atoms with Gasteiger partial charge in [-0.3, -0.25) is 4.90 Å². The predicted molar refractivity (Wildman–Crippen MR) is 102 cm³/mol. The first-order valence-electron chi connectivity index (χ1n) is 9.27. The van der Waals surface area contributed by atoms with Gasteiger partial charge in [0, 0.05) is 6.04 Å². The minimum atomic E-state index is -0.462.